The van der Waals surface area contributed by atoms with Crippen molar-refractivity contribution in [1.82, 2.24) is 9.88 Å². The van der Waals surface area contributed by atoms with E-state index < -0.39 is 0 Å². The Hall–Kier alpha value is -1.88. The minimum absolute atomic E-state index is 0.0647. The molecule has 1 aliphatic heterocycles. The summed E-state index contributed by atoms with van der Waals surface area (Å²) in [5, 5.41) is -0.0908. The summed E-state index contributed by atoms with van der Waals surface area (Å²) in [6.07, 6.45) is 1.72. The Bertz CT molecular complexity index is 620. The number of hydrogen-bond acceptors (Lipinski definition) is 3. The van der Waals surface area contributed by atoms with Crippen LogP contribution in [0.15, 0.2) is 48.7 Å². The van der Waals surface area contributed by atoms with Gasteiger partial charge >= 0.3 is 0 Å². The van der Waals surface area contributed by atoms with Gasteiger partial charge in [0.1, 0.15) is 11.2 Å². The van der Waals surface area contributed by atoms with Crippen molar-refractivity contribution in [2.24, 2.45) is 0 Å². The molecule has 0 saturated carbocycles. The number of carbonyl (C=O) groups is 1. The van der Waals surface area contributed by atoms with Gasteiger partial charge in [-0.15, -0.1) is 11.8 Å². The number of nitrogens with zero attached hydrogens (tertiary/aromatic N) is 2. The molecule has 1 aromatic heterocycles. The fraction of sp³-hybridized carbons (Fsp3) is 0.200. The number of rotatable bonds is 3. The smallest absolute Gasteiger partial charge is 0.234 e. The van der Waals surface area contributed by atoms with Gasteiger partial charge in [-0.3, -0.25) is 9.78 Å². The van der Waals surface area contributed by atoms with Gasteiger partial charge in [-0.1, -0.05) is 18.2 Å². The van der Waals surface area contributed by atoms with E-state index in [-0.39, 0.29) is 17.1 Å². The molecule has 102 valence electrons. The van der Waals surface area contributed by atoms with Crippen molar-refractivity contribution < 1.29 is 9.18 Å². The van der Waals surface area contributed by atoms with E-state index in [1.807, 2.05) is 24.3 Å². The number of benzene rings is 1. The van der Waals surface area contributed by atoms with Crippen LogP contribution < -0.4 is 0 Å². The summed E-state index contributed by atoms with van der Waals surface area (Å²) in [5.74, 6) is 0.224. The third kappa shape index (κ3) is 2.67. The van der Waals surface area contributed by atoms with Gasteiger partial charge in [0.15, 0.2) is 0 Å². The van der Waals surface area contributed by atoms with Crippen molar-refractivity contribution in [3.63, 3.8) is 0 Å². The highest BCUT2D eigenvalue weighted by Gasteiger charge is 2.33. The van der Waals surface area contributed by atoms with Crippen LogP contribution in [0.3, 0.4) is 0 Å². The van der Waals surface area contributed by atoms with Gasteiger partial charge in [0.2, 0.25) is 5.91 Å². The van der Waals surface area contributed by atoms with E-state index in [2.05, 4.69) is 4.98 Å². The molecule has 3 rings (SSSR count). The normalized spacial score (nSPS) is 18.6. The Morgan fingerprint density at radius 1 is 1.30 bits per heavy atom. The lowest BCUT2D eigenvalue weighted by atomic mass is 10.2. The molecule has 3 nitrogen and oxygen atoms in total. The minimum Gasteiger partial charge on any atom is -0.320 e. The van der Waals surface area contributed by atoms with Gasteiger partial charge in [-0.25, -0.2) is 4.39 Å². The highest BCUT2D eigenvalue weighted by molar-refractivity contribution is 8.00. The van der Waals surface area contributed by atoms with Crippen molar-refractivity contribution in [2.75, 3.05) is 5.75 Å². The maximum absolute atomic E-state index is 13.2. The van der Waals surface area contributed by atoms with Gasteiger partial charge in [-0.2, -0.15) is 0 Å². The zero-order valence-corrected chi connectivity index (χ0v) is 11.5. The fourth-order valence-corrected chi connectivity index (χ4v) is 3.37. The Morgan fingerprint density at radius 3 is 2.95 bits per heavy atom. The van der Waals surface area contributed by atoms with Gasteiger partial charge < -0.3 is 4.90 Å². The molecule has 2 aromatic rings. The van der Waals surface area contributed by atoms with Crippen molar-refractivity contribution in [2.45, 2.75) is 11.9 Å². The van der Waals surface area contributed by atoms with Crippen molar-refractivity contribution >= 4 is 17.7 Å². The molecular weight excluding hydrogens is 275 g/mol. The van der Waals surface area contributed by atoms with E-state index in [9.17, 15) is 9.18 Å². The molecule has 1 saturated heterocycles. The molecule has 5 heteroatoms. The number of aromatic nitrogens is 1. The molecule has 1 fully saturated rings. The summed E-state index contributed by atoms with van der Waals surface area (Å²) in [6.45, 7) is 0.408. The molecule has 0 N–H and O–H groups in total. The Kier molecular flexibility index (Phi) is 3.69. The van der Waals surface area contributed by atoms with E-state index in [1.54, 1.807) is 28.9 Å². The largest absolute Gasteiger partial charge is 0.320 e. The maximum Gasteiger partial charge on any atom is 0.234 e. The second-order valence-corrected chi connectivity index (χ2v) is 5.64. The van der Waals surface area contributed by atoms with E-state index >= 15 is 0 Å². The van der Waals surface area contributed by atoms with Gasteiger partial charge in [0.25, 0.3) is 0 Å². The molecule has 0 aliphatic carbocycles. The molecule has 1 unspecified atom stereocenters. The Labute approximate surface area is 120 Å². The van der Waals surface area contributed by atoms with Gasteiger partial charge in [0, 0.05) is 12.7 Å². The molecule has 1 aromatic carbocycles. The predicted molar refractivity (Wildman–Crippen MR) is 76.4 cm³/mol. The van der Waals surface area contributed by atoms with E-state index in [4.69, 9.17) is 0 Å². The van der Waals surface area contributed by atoms with E-state index in [0.29, 0.717) is 12.3 Å². The zero-order chi connectivity index (χ0) is 13.9. The van der Waals surface area contributed by atoms with Crippen LogP contribution in [0.1, 0.15) is 16.6 Å². The predicted octanol–water partition coefficient (Wildman–Crippen LogP) is 2.99. The Morgan fingerprint density at radius 2 is 2.20 bits per heavy atom. The topological polar surface area (TPSA) is 33.2 Å². The van der Waals surface area contributed by atoms with Crippen molar-refractivity contribution in [3.05, 3.63) is 65.7 Å². The molecule has 0 spiro atoms. The number of halogens is 1. The van der Waals surface area contributed by atoms with Crippen LogP contribution in [0.5, 0.6) is 0 Å². The Balaban J connectivity index is 1.84. The SMILES string of the molecule is O=C1CSC(c2ccccn2)N1Cc1cccc(F)c1. The minimum atomic E-state index is -0.281. The zero-order valence-electron chi connectivity index (χ0n) is 10.7. The number of hydrogen-bond donors (Lipinski definition) is 0. The molecule has 20 heavy (non-hydrogen) atoms. The second-order valence-electron chi connectivity index (χ2n) is 4.57. The molecular formula is C15H13FN2OS. The van der Waals surface area contributed by atoms with Crippen LogP contribution in [0.4, 0.5) is 4.39 Å². The summed E-state index contributed by atoms with van der Waals surface area (Å²) >= 11 is 1.56. The van der Waals surface area contributed by atoms with Gasteiger partial charge in [-0.05, 0) is 29.8 Å². The van der Waals surface area contributed by atoms with Crippen LogP contribution in [-0.4, -0.2) is 21.5 Å². The van der Waals surface area contributed by atoms with Gasteiger partial charge in [0.05, 0.1) is 11.4 Å². The highest BCUT2D eigenvalue weighted by atomic mass is 32.2. The fourth-order valence-electron chi connectivity index (χ4n) is 2.22. The summed E-state index contributed by atoms with van der Waals surface area (Å²) in [6, 6.07) is 12.0. The van der Waals surface area contributed by atoms with Crippen LogP contribution >= 0.6 is 11.8 Å². The first kappa shape index (κ1) is 13.1. The van der Waals surface area contributed by atoms with E-state index in [1.165, 1.54) is 12.1 Å². The lowest BCUT2D eigenvalue weighted by Crippen LogP contribution is -2.28. The number of carbonyl (C=O) groups excluding carboxylic acids is 1. The highest BCUT2D eigenvalue weighted by Crippen LogP contribution is 2.38. The number of pyridine rings is 1. The quantitative estimate of drug-likeness (QED) is 0.870. The number of thioether (sulfide) groups is 1. The molecule has 2 heterocycles. The molecule has 1 atom stereocenters. The summed E-state index contributed by atoms with van der Waals surface area (Å²) < 4.78 is 13.2. The first-order valence-electron chi connectivity index (χ1n) is 6.30. The monoisotopic (exact) mass is 288 g/mol. The lowest BCUT2D eigenvalue weighted by molar-refractivity contribution is -0.128. The molecule has 0 radical (unpaired) electrons. The van der Waals surface area contributed by atoms with E-state index in [0.717, 1.165) is 11.3 Å². The standard InChI is InChI=1S/C15H13FN2OS/c16-12-5-3-4-11(8-12)9-18-14(19)10-20-15(18)13-6-1-2-7-17-13/h1-8,15H,9-10H2. The molecule has 1 aliphatic rings. The van der Waals surface area contributed by atoms with Crippen LogP contribution in [0.2, 0.25) is 0 Å². The van der Waals surface area contributed by atoms with Crippen LogP contribution in [0, 0.1) is 5.82 Å². The van der Waals surface area contributed by atoms with Crippen LogP contribution in [0.25, 0.3) is 0 Å². The van der Waals surface area contributed by atoms with Crippen LogP contribution in [-0.2, 0) is 11.3 Å². The molecule has 1 amide bonds. The average molecular weight is 288 g/mol. The summed E-state index contributed by atoms with van der Waals surface area (Å²) in [4.78, 5) is 18.1. The third-order valence-corrected chi connectivity index (χ3v) is 4.38. The first-order chi connectivity index (χ1) is 9.74. The lowest BCUT2D eigenvalue weighted by Gasteiger charge is -2.23. The summed E-state index contributed by atoms with van der Waals surface area (Å²) in [7, 11) is 0. The third-order valence-electron chi connectivity index (χ3n) is 3.15. The summed E-state index contributed by atoms with van der Waals surface area (Å²) in [5.41, 5.74) is 1.65. The van der Waals surface area contributed by atoms with Crippen molar-refractivity contribution in [3.8, 4) is 0 Å². The van der Waals surface area contributed by atoms with Crippen molar-refractivity contribution in [1.29, 1.82) is 0 Å². The average Bonchev–Trinajstić information content (AvgIpc) is 2.81. The second kappa shape index (κ2) is 5.63. The first-order valence-corrected chi connectivity index (χ1v) is 7.35. The number of amides is 1. The molecule has 0 bridgehead atoms. The maximum atomic E-state index is 13.2.